The fourth-order valence-corrected chi connectivity index (χ4v) is 2.54. The fourth-order valence-electron chi connectivity index (χ4n) is 2.54. The van der Waals surface area contributed by atoms with Crippen LogP contribution in [-0.2, 0) is 11.3 Å². The molecule has 0 unspecified atom stereocenters. The third kappa shape index (κ3) is 2.73. The van der Waals surface area contributed by atoms with E-state index in [4.69, 9.17) is 0 Å². The van der Waals surface area contributed by atoms with Crippen molar-refractivity contribution < 1.29 is 9.90 Å². The zero-order valence-corrected chi connectivity index (χ0v) is 11.8. The number of carbonyl (C=O) groups is 1. The molecule has 108 valence electrons. The van der Waals surface area contributed by atoms with E-state index < -0.39 is 12.0 Å². The van der Waals surface area contributed by atoms with Crippen molar-refractivity contribution >= 4 is 5.97 Å². The Balaban J connectivity index is 1.81. The topological polar surface area (TPSA) is 58.4 Å². The average Bonchev–Trinajstić information content (AvgIpc) is 3.08. The lowest BCUT2D eigenvalue weighted by molar-refractivity contribution is -0.141. The molecule has 1 atom stereocenters. The molecule has 0 fully saturated rings. The number of benzene rings is 1. The minimum absolute atomic E-state index is 0.538. The first kappa shape index (κ1) is 13.6. The molecule has 0 bridgehead atoms. The number of para-hydroxylation sites is 1. The van der Waals surface area contributed by atoms with Crippen LogP contribution in [-0.4, -0.2) is 38.3 Å². The van der Waals surface area contributed by atoms with Crippen molar-refractivity contribution in [2.24, 2.45) is 0 Å². The monoisotopic (exact) mass is 283 g/mol. The number of nitrogens with zero attached hydrogens (tertiary/aromatic N) is 3. The summed E-state index contributed by atoms with van der Waals surface area (Å²) in [5.41, 5.74) is 2.98. The normalized spacial score (nSPS) is 18.2. The molecule has 5 nitrogen and oxygen atoms in total. The second kappa shape index (κ2) is 5.54. The number of hydrogen-bond donors (Lipinski definition) is 1. The highest BCUT2D eigenvalue weighted by molar-refractivity contribution is 5.76. The van der Waals surface area contributed by atoms with Gasteiger partial charge < -0.3 is 5.11 Å². The third-order valence-electron chi connectivity index (χ3n) is 3.70. The summed E-state index contributed by atoms with van der Waals surface area (Å²) >= 11 is 0. The van der Waals surface area contributed by atoms with Crippen molar-refractivity contribution in [2.75, 3.05) is 6.54 Å². The quantitative estimate of drug-likeness (QED) is 0.872. The third-order valence-corrected chi connectivity index (χ3v) is 3.70. The minimum Gasteiger partial charge on any atom is -0.480 e. The molecule has 1 aliphatic rings. The predicted molar refractivity (Wildman–Crippen MR) is 79.3 cm³/mol. The van der Waals surface area contributed by atoms with Crippen molar-refractivity contribution in [1.82, 2.24) is 14.7 Å². The first-order chi connectivity index (χ1) is 10.1. The van der Waals surface area contributed by atoms with E-state index in [0.29, 0.717) is 13.1 Å². The predicted octanol–water partition coefficient (Wildman–Crippen LogP) is 2.01. The maximum absolute atomic E-state index is 11.2. The van der Waals surface area contributed by atoms with Crippen LogP contribution in [0.25, 0.3) is 5.69 Å². The summed E-state index contributed by atoms with van der Waals surface area (Å²) in [4.78, 5) is 13.1. The van der Waals surface area contributed by atoms with Gasteiger partial charge >= 0.3 is 5.97 Å². The Morgan fingerprint density at radius 2 is 2.14 bits per heavy atom. The van der Waals surface area contributed by atoms with Gasteiger partial charge in [-0.1, -0.05) is 30.4 Å². The Bertz CT molecular complexity index is 676. The van der Waals surface area contributed by atoms with Crippen molar-refractivity contribution in [2.45, 2.75) is 19.5 Å². The smallest absolute Gasteiger partial charge is 0.324 e. The van der Waals surface area contributed by atoms with Gasteiger partial charge in [-0.15, -0.1) is 0 Å². The molecule has 0 radical (unpaired) electrons. The lowest BCUT2D eigenvalue weighted by atomic mass is 10.2. The number of aryl methyl sites for hydroxylation is 1. The van der Waals surface area contributed by atoms with E-state index in [-0.39, 0.29) is 0 Å². The van der Waals surface area contributed by atoms with Gasteiger partial charge in [0.05, 0.1) is 11.4 Å². The zero-order chi connectivity index (χ0) is 14.8. The van der Waals surface area contributed by atoms with E-state index >= 15 is 0 Å². The molecule has 5 heteroatoms. The summed E-state index contributed by atoms with van der Waals surface area (Å²) in [5.74, 6) is -0.808. The maximum atomic E-state index is 11.2. The van der Waals surface area contributed by atoms with Crippen molar-refractivity contribution in [3.63, 3.8) is 0 Å². The van der Waals surface area contributed by atoms with Gasteiger partial charge in [-0.3, -0.25) is 9.69 Å². The molecule has 1 aliphatic heterocycles. The van der Waals surface area contributed by atoms with Crippen molar-refractivity contribution in [3.05, 3.63) is 59.9 Å². The first-order valence-corrected chi connectivity index (χ1v) is 6.89. The van der Waals surface area contributed by atoms with Gasteiger partial charge in [0.1, 0.15) is 6.04 Å². The number of carboxylic acid groups (broad SMARTS) is 1. The fraction of sp³-hybridized carbons (Fsp3) is 0.250. The van der Waals surface area contributed by atoms with E-state index in [1.807, 2.05) is 59.1 Å². The number of aromatic nitrogens is 2. The van der Waals surface area contributed by atoms with Crippen LogP contribution in [0.1, 0.15) is 11.3 Å². The largest absolute Gasteiger partial charge is 0.480 e. The molecule has 0 aliphatic carbocycles. The molecule has 0 amide bonds. The van der Waals surface area contributed by atoms with Crippen LogP contribution in [0.4, 0.5) is 0 Å². The van der Waals surface area contributed by atoms with Gasteiger partial charge in [0.2, 0.25) is 0 Å². The van der Waals surface area contributed by atoms with E-state index in [9.17, 15) is 9.90 Å². The van der Waals surface area contributed by atoms with Crippen LogP contribution >= 0.6 is 0 Å². The number of hydrogen-bond acceptors (Lipinski definition) is 3. The highest BCUT2D eigenvalue weighted by Crippen LogP contribution is 2.18. The average molecular weight is 283 g/mol. The van der Waals surface area contributed by atoms with E-state index in [2.05, 4.69) is 5.10 Å². The molecule has 0 spiro atoms. The summed E-state index contributed by atoms with van der Waals surface area (Å²) in [6.45, 7) is 3.20. The summed E-state index contributed by atoms with van der Waals surface area (Å²) in [7, 11) is 0. The van der Waals surface area contributed by atoms with Crippen molar-refractivity contribution in [3.8, 4) is 5.69 Å². The van der Waals surface area contributed by atoms with Crippen LogP contribution in [0.2, 0.25) is 0 Å². The molecule has 1 N–H and O–H groups in total. The highest BCUT2D eigenvalue weighted by Gasteiger charge is 2.26. The Labute approximate surface area is 123 Å². The van der Waals surface area contributed by atoms with Crippen LogP contribution in [0.5, 0.6) is 0 Å². The first-order valence-electron chi connectivity index (χ1n) is 6.89. The minimum atomic E-state index is -0.808. The van der Waals surface area contributed by atoms with Crippen LogP contribution < -0.4 is 0 Å². The molecule has 2 aromatic rings. The Morgan fingerprint density at radius 3 is 2.86 bits per heavy atom. The highest BCUT2D eigenvalue weighted by atomic mass is 16.4. The summed E-state index contributed by atoms with van der Waals surface area (Å²) < 4.78 is 1.84. The molecule has 21 heavy (non-hydrogen) atoms. The van der Waals surface area contributed by atoms with Crippen LogP contribution in [0.3, 0.4) is 0 Å². The maximum Gasteiger partial charge on any atom is 0.324 e. The van der Waals surface area contributed by atoms with Crippen LogP contribution in [0, 0.1) is 6.92 Å². The number of carboxylic acids is 1. The Hall–Kier alpha value is -2.40. The molecule has 3 rings (SSSR count). The van der Waals surface area contributed by atoms with E-state index in [1.54, 1.807) is 6.08 Å². The standard InChI is InChI=1S/C16H17N3O2/c1-12-13(10-18-9-5-8-15(18)16(20)21)11-19(17-12)14-6-3-2-4-7-14/h2-8,11,15H,9-10H2,1H3,(H,20,21)/t15-/m1/s1. The lowest BCUT2D eigenvalue weighted by Gasteiger charge is -2.20. The number of aliphatic carboxylic acids is 1. The molecule has 1 aromatic carbocycles. The van der Waals surface area contributed by atoms with E-state index in [1.165, 1.54) is 0 Å². The lowest BCUT2D eigenvalue weighted by Crippen LogP contribution is -2.35. The summed E-state index contributed by atoms with van der Waals surface area (Å²) in [6.07, 6.45) is 5.61. The molecule has 2 heterocycles. The molecule has 0 saturated carbocycles. The summed E-state index contributed by atoms with van der Waals surface area (Å²) in [5, 5.41) is 13.7. The SMILES string of the molecule is Cc1nn(-c2ccccc2)cc1CN1CC=C[C@@H]1C(=O)O. The van der Waals surface area contributed by atoms with Gasteiger partial charge in [-0.2, -0.15) is 5.10 Å². The second-order valence-corrected chi connectivity index (χ2v) is 5.16. The van der Waals surface area contributed by atoms with Gasteiger partial charge in [-0.25, -0.2) is 4.68 Å². The second-order valence-electron chi connectivity index (χ2n) is 5.16. The zero-order valence-electron chi connectivity index (χ0n) is 11.8. The van der Waals surface area contributed by atoms with Gasteiger partial charge in [0, 0.05) is 24.8 Å². The van der Waals surface area contributed by atoms with E-state index in [0.717, 1.165) is 16.9 Å². The summed E-state index contributed by atoms with van der Waals surface area (Å²) in [6, 6.07) is 9.35. The Morgan fingerprint density at radius 1 is 1.38 bits per heavy atom. The van der Waals surface area contributed by atoms with Crippen LogP contribution in [0.15, 0.2) is 48.7 Å². The Kier molecular flexibility index (Phi) is 3.58. The van der Waals surface area contributed by atoms with Gasteiger partial charge in [-0.05, 0) is 19.1 Å². The molecule has 0 saturated heterocycles. The van der Waals surface area contributed by atoms with Gasteiger partial charge in [0.25, 0.3) is 0 Å². The molecule has 1 aromatic heterocycles. The molecular formula is C16H17N3O2. The van der Waals surface area contributed by atoms with Gasteiger partial charge in [0.15, 0.2) is 0 Å². The number of rotatable bonds is 4. The van der Waals surface area contributed by atoms with Crippen molar-refractivity contribution in [1.29, 1.82) is 0 Å². The molecular weight excluding hydrogens is 266 g/mol.